The molecule has 2 nitrogen and oxygen atoms in total. The van der Waals surface area contributed by atoms with Gasteiger partial charge in [0.25, 0.3) is 0 Å². The van der Waals surface area contributed by atoms with Crippen LogP contribution in [0, 0.1) is 17.8 Å². The van der Waals surface area contributed by atoms with Gasteiger partial charge in [0.05, 0.1) is 6.61 Å². The first-order valence-electron chi connectivity index (χ1n) is 6.81. The largest absolute Gasteiger partial charge is 0.383 e. The number of hydrogen-bond donors (Lipinski definition) is 1. The first-order valence-corrected chi connectivity index (χ1v) is 6.81. The van der Waals surface area contributed by atoms with E-state index in [0.717, 1.165) is 37.5 Å². The second kappa shape index (κ2) is 10.1. The second-order valence-corrected chi connectivity index (χ2v) is 5.35. The van der Waals surface area contributed by atoms with Crippen LogP contribution < -0.4 is 5.32 Å². The molecule has 0 heterocycles. The van der Waals surface area contributed by atoms with Crippen molar-refractivity contribution in [1.29, 1.82) is 0 Å². The van der Waals surface area contributed by atoms with Crippen molar-refractivity contribution < 1.29 is 4.74 Å². The van der Waals surface area contributed by atoms with Gasteiger partial charge in [-0.2, -0.15) is 0 Å². The third kappa shape index (κ3) is 8.12. The molecule has 0 saturated carbocycles. The van der Waals surface area contributed by atoms with Crippen molar-refractivity contribution in [3.63, 3.8) is 0 Å². The van der Waals surface area contributed by atoms with Gasteiger partial charge in [0.1, 0.15) is 0 Å². The van der Waals surface area contributed by atoms with Crippen molar-refractivity contribution in [2.75, 3.05) is 26.8 Å². The summed E-state index contributed by atoms with van der Waals surface area (Å²) in [6.07, 6.45) is 3.98. The summed E-state index contributed by atoms with van der Waals surface area (Å²) in [5, 5.41) is 3.51. The maximum absolute atomic E-state index is 5.05. The fraction of sp³-hybridized carbons (Fsp3) is 1.00. The minimum atomic E-state index is 0.800. The Kier molecular flexibility index (Phi) is 10.0. The zero-order valence-corrected chi connectivity index (χ0v) is 11.9. The van der Waals surface area contributed by atoms with E-state index in [4.69, 9.17) is 4.74 Å². The predicted octanol–water partition coefficient (Wildman–Crippen LogP) is 3.32. The SMILES string of the molecule is CCCC(C)C(CNCCOC)CC(C)C. The summed E-state index contributed by atoms with van der Waals surface area (Å²) in [7, 11) is 1.76. The summed E-state index contributed by atoms with van der Waals surface area (Å²) in [6.45, 7) is 12.3. The summed E-state index contributed by atoms with van der Waals surface area (Å²) in [6, 6.07) is 0. The van der Waals surface area contributed by atoms with E-state index in [9.17, 15) is 0 Å². The molecule has 0 rings (SSSR count). The minimum absolute atomic E-state index is 0.800. The Labute approximate surface area is 102 Å². The molecule has 0 aromatic heterocycles. The summed E-state index contributed by atoms with van der Waals surface area (Å²) >= 11 is 0. The van der Waals surface area contributed by atoms with E-state index in [1.54, 1.807) is 7.11 Å². The first kappa shape index (κ1) is 15.9. The third-order valence-corrected chi connectivity index (χ3v) is 3.21. The molecule has 0 saturated heterocycles. The highest BCUT2D eigenvalue weighted by atomic mass is 16.5. The van der Waals surface area contributed by atoms with Crippen LogP contribution in [0.3, 0.4) is 0 Å². The molecule has 0 fully saturated rings. The molecule has 0 aromatic carbocycles. The molecule has 0 aliphatic rings. The van der Waals surface area contributed by atoms with Gasteiger partial charge < -0.3 is 10.1 Å². The molecule has 16 heavy (non-hydrogen) atoms. The van der Waals surface area contributed by atoms with Gasteiger partial charge >= 0.3 is 0 Å². The lowest BCUT2D eigenvalue weighted by Gasteiger charge is -2.25. The average Bonchev–Trinajstić information content (AvgIpc) is 2.22. The highest BCUT2D eigenvalue weighted by Gasteiger charge is 2.17. The first-order chi connectivity index (χ1) is 7.61. The Balaban J connectivity index is 3.89. The van der Waals surface area contributed by atoms with Gasteiger partial charge in [-0.3, -0.25) is 0 Å². The van der Waals surface area contributed by atoms with Gasteiger partial charge in [-0.05, 0) is 30.7 Å². The molecule has 0 aromatic rings. The van der Waals surface area contributed by atoms with Gasteiger partial charge in [-0.25, -0.2) is 0 Å². The molecule has 2 heteroatoms. The number of methoxy groups -OCH3 is 1. The summed E-state index contributed by atoms with van der Waals surface area (Å²) in [5.74, 6) is 2.45. The molecule has 2 atom stereocenters. The number of rotatable bonds is 10. The quantitative estimate of drug-likeness (QED) is 0.580. The average molecular weight is 229 g/mol. The van der Waals surface area contributed by atoms with Crippen LogP contribution in [0.4, 0.5) is 0 Å². The highest BCUT2D eigenvalue weighted by molar-refractivity contribution is 4.70. The van der Waals surface area contributed by atoms with Gasteiger partial charge in [-0.1, -0.05) is 40.5 Å². The Morgan fingerprint density at radius 3 is 2.38 bits per heavy atom. The van der Waals surface area contributed by atoms with Crippen LogP contribution >= 0.6 is 0 Å². The number of nitrogens with one attached hydrogen (secondary N) is 1. The lowest BCUT2D eigenvalue weighted by Crippen LogP contribution is -2.30. The van der Waals surface area contributed by atoms with Crippen molar-refractivity contribution in [1.82, 2.24) is 5.32 Å². The molecular weight excluding hydrogens is 198 g/mol. The van der Waals surface area contributed by atoms with Crippen molar-refractivity contribution in [2.24, 2.45) is 17.8 Å². The maximum Gasteiger partial charge on any atom is 0.0587 e. The van der Waals surface area contributed by atoms with Gasteiger partial charge in [0, 0.05) is 13.7 Å². The summed E-state index contributed by atoms with van der Waals surface area (Å²) < 4.78 is 5.05. The van der Waals surface area contributed by atoms with Gasteiger partial charge in [-0.15, -0.1) is 0 Å². The van der Waals surface area contributed by atoms with Gasteiger partial charge in [0.15, 0.2) is 0 Å². The fourth-order valence-corrected chi connectivity index (χ4v) is 2.28. The lowest BCUT2D eigenvalue weighted by atomic mass is 9.84. The van der Waals surface area contributed by atoms with Crippen molar-refractivity contribution in [2.45, 2.75) is 47.0 Å². The topological polar surface area (TPSA) is 21.3 Å². The van der Waals surface area contributed by atoms with E-state index in [1.165, 1.54) is 19.3 Å². The normalized spacial score (nSPS) is 15.4. The summed E-state index contributed by atoms with van der Waals surface area (Å²) in [5.41, 5.74) is 0. The van der Waals surface area contributed by atoms with Crippen molar-refractivity contribution >= 4 is 0 Å². The van der Waals surface area contributed by atoms with Crippen LogP contribution in [0.2, 0.25) is 0 Å². The molecule has 2 unspecified atom stereocenters. The molecule has 98 valence electrons. The standard InChI is InChI=1S/C14H31NO/c1-6-7-13(4)14(10-12(2)3)11-15-8-9-16-5/h12-15H,6-11H2,1-5H3. The molecule has 0 spiro atoms. The monoisotopic (exact) mass is 229 g/mol. The number of hydrogen-bond acceptors (Lipinski definition) is 2. The number of ether oxygens (including phenoxy) is 1. The molecule has 0 aliphatic carbocycles. The Hall–Kier alpha value is -0.0800. The zero-order valence-electron chi connectivity index (χ0n) is 11.9. The Morgan fingerprint density at radius 1 is 1.19 bits per heavy atom. The zero-order chi connectivity index (χ0) is 12.4. The molecular formula is C14H31NO. The predicted molar refractivity (Wildman–Crippen MR) is 71.8 cm³/mol. The minimum Gasteiger partial charge on any atom is -0.383 e. The van der Waals surface area contributed by atoms with E-state index >= 15 is 0 Å². The highest BCUT2D eigenvalue weighted by Crippen LogP contribution is 2.23. The van der Waals surface area contributed by atoms with Crippen molar-refractivity contribution in [3.8, 4) is 0 Å². The smallest absolute Gasteiger partial charge is 0.0587 e. The summed E-state index contributed by atoms with van der Waals surface area (Å²) in [4.78, 5) is 0. The van der Waals surface area contributed by atoms with E-state index < -0.39 is 0 Å². The molecule has 1 N–H and O–H groups in total. The van der Waals surface area contributed by atoms with E-state index in [1.807, 2.05) is 0 Å². The van der Waals surface area contributed by atoms with E-state index in [-0.39, 0.29) is 0 Å². The van der Waals surface area contributed by atoms with Crippen LogP contribution in [0.15, 0.2) is 0 Å². The van der Waals surface area contributed by atoms with Crippen LogP contribution in [0.5, 0.6) is 0 Å². The molecule has 0 aliphatic heterocycles. The van der Waals surface area contributed by atoms with Crippen LogP contribution in [-0.2, 0) is 4.74 Å². The van der Waals surface area contributed by atoms with Crippen LogP contribution in [0.25, 0.3) is 0 Å². The van der Waals surface area contributed by atoms with Gasteiger partial charge in [0.2, 0.25) is 0 Å². The third-order valence-electron chi connectivity index (χ3n) is 3.21. The van der Waals surface area contributed by atoms with Crippen LogP contribution in [-0.4, -0.2) is 26.8 Å². The van der Waals surface area contributed by atoms with E-state index in [0.29, 0.717) is 0 Å². The van der Waals surface area contributed by atoms with Crippen molar-refractivity contribution in [3.05, 3.63) is 0 Å². The second-order valence-electron chi connectivity index (χ2n) is 5.35. The molecule has 0 amide bonds. The Bertz CT molecular complexity index is 148. The molecule has 0 bridgehead atoms. The maximum atomic E-state index is 5.05. The van der Waals surface area contributed by atoms with E-state index in [2.05, 4.69) is 33.0 Å². The molecule has 0 radical (unpaired) electrons. The Morgan fingerprint density at radius 2 is 1.88 bits per heavy atom. The fourth-order valence-electron chi connectivity index (χ4n) is 2.28. The van der Waals surface area contributed by atoms with Crippen LogP contribution in [0.1, 0.15) is 47.0 Å². The lowest BCUT2D eigenvalue weighted by molar-refractivity contribution is 0.192.